The number of nitrogens with zero attached hydrogens (tertiary/aromatic N) is 1. The van der Waals surface area contributed by atoms with Gasteiger partial charge in [-0.1, -0.05) is 23.2 Å². The van der Waals surface area contributed by atoms with E-state index in [1.165, 1.54) is 4.88 Å². The molecule has 2 nitrogen and oxygen atoms in total. The average Bonchev–Trinajstić information content (AvgIpc) is 2.77. The van der Waals surface area contributed by atoms with Crippen molar-refractivity contribution in [3.63, 3.8) is 0 Å². The van der Waals surface area contributed by atoms with Gasteiger partial charge in [-0.05, 0) is 24.3 Å². The highest BCUT2D eigenvalue weighted by Crippen LogP contribution is 2.23. The molecule has 2 aromatic heterocycles. The van der Waals surface area contributed by atoms with Crippen molar-refractivity contribution in [3.8, 4) is 0 Å². The van der Waals surface area contributed by atoms with Crippen molar-refractivity contribution in [3.05, 3.63) is 44.7 Å². The zero-order chi connectivity index (χ0) is 12.8. The molecule has 0 saturated heterocycles. The van der Waals surface area contributed by atoms with Crippen molar-refractivity contribution in [1.82, 2.24) is 10.3 Å². The highest BCUT2D eigenvalue weighted by molar-refractivity contribution is 7.99. The minimum atomic E-state index is 0.715. The second-order valence-corrected chi connectivity index (χ2v) is 6.81. The smallest absolute Gasteiger partial charge is 0.115 e. The van der Waals surface area contributed by atoms with E-state index in [1.807, 2.05) is 24.3 Å². The van der Waals surface area contributed by atoms with Crippen LogP contribution >= 0.6 is 46.3 Å². The molecule has 0 aliphatic carbocycles. The Bertz CT molecular complexity index is 502. The number of hydrogen-bond donors (Lipinski definition) is 1. The van der Waals surface area contributed by atoms with E-state index in [0.29, 0.717) is 5.02 Å². The zero-order valence-electron chi connectivity index (χ0n) is 9.53. The van der Waals surface area contributed by atoms with Gasteiger partial charge in [0.05, 0.1) is 9.36 Å². The molecule has 2 aromatic rings. The number of halogens is 2. The average molecular weight is 319 g/mol. The lowest BCUT2D eigenvalue weighted by Gasteiger charge is -2.04. The molecule has 0 saturated carbocycles. The van der Waals surface area contributed by atoms with E-state index in [1.54, 1.807) is 29.3 Å². The third-order valence-corrected chi connectivity index (χ3v) is 4.83. The lowest BCUT2D eigenvalue weighted by Crippen LogP contribution is -2.15. The molecule has 0 unspecified atom stereocenters. The van der Waals surface area contributed by atoms with Crippen molar-refractivity contribution in [2.24, 2.45) is 0 Å². The highest BCUT2D eigenvalue weighted by Gasteiger charge is 2.01. The van der Waals surface area contributed by atoms with Gasteiger partial charge < -0.3 is 5.32 Å². The maximum Gasteiger partial charge on any atom is 0.115 e. The van der Waals surface area contributed by atoms with Crippen molar-refractivity contribution in [2.75, 3.05) is 12.3 Å². The fourth-order valence-corrected chi connectivity index (χ4v) is 3.48. The van der Waals surface area contributed by atoms with E-state index in [2.05, 4.69) is 10.3 Å². The Balaban J connectivity index is 1.66. The van der Waals surface area contributed by atoms with Crippen LogP contribution in [0.1, 0.15) is 4.88 Å². The van der Waals surface area contributed by atoms with Gasteiger partial charge in [0.25, 0.3) is 0 Å². The maximum atomic E-state index is 6.02. The first kappa shape index (κ1) is 14.2. The molecule has 0 fully saturated rings. The lowest BCUT2D eigenvalue weighted by molar-refractivity contribution is 0.740. The molecular weight excluding hydrogens is 307 g/mol. The predicted molar refractivity (Wildman–Crippen MR) is 81.0 cm³/mol. The van der Waals surface area contributed by atoms with Crippen molar-refractivity contribution >= 4 is 46.3 Å². The molecule has 0 aliphatic rings. The summed E-state index contributed by atoms with van der Waals surface area (Å²) in [6.07, 6.45) is 1.76. The van der Waals surface area contributed by atoms with Crippen molar-refractivity contribution in [1.29, 1.82) is 0 Å². The van der Waals surface area contributed by atoms with Gasteiger partial charge in [0, 0.05) is 29.9 Å². The molecule has 0 atom stereocenters. The summed E-state index contributed by atoms with van der Waals surface area (Å²) in [5, 5.41) is 4.97. The fourth-order valence-electron chi connectivity index (χ4n) is 1.36. The highest BCUT2D eigenvalue weighted by atomic mass is 35.5. The SMILES string of the molecule is Clc1ccc(CNCCSc2ncccc2Cl)s1. The summed E-state index contributed by atoms with van der Waals surface area (Å²) >= 11 is 15.1. The van der Waals surface area contributed by atoms with Crippen LogP contribution in [0.4, 0.5) is 0 Å². The molecule has 0 spiro atoms. The summed E-state index contributed by atoms with van der Waals surface area (Å²) in [5.74, 6) is 0.940. The van der Waals surface area contributed by atoms with E-state index in [4.69, 9.17) is 23.2 Å². The van der Waals surface area contributed by atoms with Crippen LogP contribution in [0.5, 0.6) is 0 Å². The molecule has 0 amide bonds. The van der Waals surface area contributed by atoms with Crippen LogP contribution in [0.15, 0.2) is 35.5 Å². The molecule has 0 bridgehead atoms. The molecule has 2 rings (SSSR count). The number of rotatable bonds is 6. The Kier molecular flexibility index (Phi) is 5.79. The normalized spacial score (nSPS) is 10.8. The first-order valence-electron chi connectivity index (χ1n) is 5.44. The first-order valence-corrected chi connectivity index (χ1v) is 8.00. The van der Waals surface area contributed by atoms with Gasteiger partial charge in [0.2, 0.25) is 0 Å². The summed E-state index contributed by atoms with van der Waals surface area (Å²) < 4.78 is 0.835. The van der Waals surface area contributed by atoms with E-state index in [-0.39, 0.29) is 0 Å². The number of hydrogen-bond acceptors (Lipinski definition) is 4. The van der Waals surface area contributed by atoms with Crippen LogP contribution in [0.2, 0.25) is 9.36 Å². The second kappa shape index (κ2) is 7.36. The van der Waals surface area contributed by atoms with E-state index < -0.39 is 0 Å². The Labute approximate surface area is 125 Å². The number of thioether (sulfide) groups is 1. The maximum absolute atomic E-state index is 6.02. The van der Waals surface area contributed by atoms with Crippen LogP contribution in [-0.2, 0) is 6.54 Å². The Hall–Kier alpha value is -0.260. The Morgan fingerprint density at radius 2 is 2.17 bits per heavy atom. The summed E-state index contributed by atoms with van der Waals surface area (Å²) in [4.78, 5) is 5.48. The Morgan fingerprint density at radius 1 is 1.28 bits per heavy atom. The van der Waals surface area contributed by atoms with Crippen LogP contribution < -0.4 is 5.32 Å². The van der Waals surface area contributed by atoms with Crippen LogP contribution in [0, 0.1) is 0 Å². The number of nitrogens with one attached hydrogen (secondary N) is 1. The number of thiophene rings is 1. The molecular formula is C12H12Cl2N2S2. The van der Waals surface area contributed by atoms with Gasteiger partial charge in [-0.2, -0.15) is 0 Å². The van der Waals surface area contributed by atoms with Gasteiger partial charge in [-0.25, -0.2) is 4.98 Å². The lowest BCUT2D eigenvalue weighted by atomic mass is 10.4. The number of pyridine rings is 1. The summed E-state index contributed by atoms with van der Waals surface area (Å²) in [5.41, 5.74) is 0. The molecule has 0 aliphatic heterocycles. The summed E-state index contributed by atoms with van der Waals surface area (Å²) in [7, 11) is 0. The second-order valence-electron chi connectivity index (χ2n) is 3.52. The minimum absolute atomic E-state index is 0.715. The quantitative estimate of drug-likeness (QED) is 0.633. The van der Waals surface area contributed by atoms with Crippen molar-refractivity contribution < 1.29 is 0 Å². The first-order chi connectivity index (χ1) is 8.75. The van der Waals surface area contributed by atoms with Crippen LogP contribution in [0.3, 0.4) is 0 Å². The molecule has 0 aromatic carbocycles. The third kappa shape index (κ3) is 4.44. The van der Waals surface area contributed by atoms with E-state index >= 15 is 0 Å². The van der Waals surface area contributed by atoms with Crippen molar-refractivity contribution in [2.45, 2.75) is 11.6 Å². The topological polar surface area (TPSA) is 24.9 Å². The molecule has 0 radical (unpaired) electrons. The van der Waals surface area contributed by atoms with Gasteiger partial charge >= 0.3 is 0 Å². The van der Waals surface area contributed by atoms with Gasteiger partial charge in [0.1, 0.15) is 5.03 Å². The standard InChI is InChI=1S/C12H12Cl2N2S2/c13-10-2-1-5-16-12(10)17-7-6-15-8-9-3-4-11(14)18-9/h1-5,15H,6-8H2. The van der Waals surface area contributed by atoms with Gasteiger partial charge in [0.15, 0.2) is 0 Å². The largest absolute Gasteiger partial charge is 0.311 e. The van der Waals surface area contributed by atoms with Crippen LogP contribution in [0.25, 0.3) is 0 Å². The molecule has 18 heavy (non-hydrogen) atoms. The number of aromatic nitrogens is 1. The van der Waals surface area contributed by atoms with Gasteiger partial charge in [-0.3, -0.25) is 0 Å². The van der Waals surface area contributed by atoms with E-state index in [9.17, 15) is 0 Å². The minimum Gasteiger partial charge on any atom is -0.311 e. The molecule has 1 N–H and O–H groups in total. The van der Waals surface area contributed by atoms with Gasteiger partial charge in [-0.15, -0.1) is 23.1 Å². The monoisotopic (exact) mass is 318 g/mol. The molecule has 2 heterocycles. The van der Waals surface area contributed by atoms with Crippen LogP contribution in [-0.4, -0.2) is 17.3 Å². The summed E-state index contributed by atoms with van der Waals surface area (Å²) in [6.45, 7) is 1.76. The fraction of sp³-hybridized carbons (Fsp3) is 0.250. The summed E-state index contributed by atoms with van der Waals surface area (Å²) in [6, 6.07) is 7.66. The Morgan fingerprint density at radius 3 is 2.89 bits per heavy atom. The molecule has 6 heteroatoms. The predicted octanol–water partition coefficient (Wildman–Crippen LogP) is 4.33. The zero-order valence-corrected chi connectivity index (χ0v) is 12.7. The van der Waals surface area contributed by atoms with E-state index in [0.717, 1.165) is 28.2 Å². The molecule has 96 valence electrons. The third-order valence-electron chi connectivity index (χ3n) is 2.17.